The number of carbonyl (C=O) groups is 2. The molecule has 1 heterocycles. The average Bonchev–Trinajstić information content (AvgIpc) is 2.98. The molecule has 216 valence electrons. The average molecular weight is 562 g/mol. The molecule has 0 spiro atoms. The lowest BCUT2D eigenvalue weighted by atomic mass is 9.65. The number of nitrogens with one attached hydrogen (secondary N) is 1. The summed E-state index contributed by atoms with van der Waals surface area (Å²) in [5.41, 5.74) is 11.0. The number of benzene rings is 4. The van der Waals surface area contributed by atoms with Crippen LogP contribution in [0.5, 0.6) is 5.75 Å². The van der Waals surface area contributed by atoms with Crippen LogP contribution in [0.15, 0.2) is 97.1 Å². The molecule has 42 heavy (non-hydrogen) atoms. The maximum Gasteiger partial charge on any atom is 0.255 e. The van der Waals surface area contributed by atoms with Gasteiger partial charge >= 0.3 is 0 Å². The van der Waals surface area contributed by atoms with Crippen LogP contribution in [0.25, 0.3) is 11.1 Å². The first-order chi connectivity index (χ1) is 20.1. The van der Waals surface area contributed by atoms with Crippen LogP contribution in [0.2, 0.25) is 0 Å². The van der Waals surface area contributed by atoms with Crippen molar-refractivity contribution in [3.05, 3.63) is 114 Å². The van der Waals surface area contributed by atoms with Crippen LogP contribution in [0.4, 0.5) is 11.4 Å². The number of amides is 2. The second-order valence-corrected chi connectivity index (χ2v) is 11.8. The van der Waals surface area contributed by atoms with Gasteiger partial charge in [-0.3, -0.25) is 9.59 Å². The third kappa shape index (κ3) is 5.68. The number of fused-ring (bicyclic) bond motifs is 1. The zero-order valence-electron chi connectivity index (χ0n) is 24.8. The van der Waals surface area contributed by atoms with Gasteiger partial charge in [0.15, 0.2) is 0 Å². The predicted molar refractivity (Wildman–Crippen MR) is 170 cm³/mol. The molecule has 3 N–H and O–H groups in total. The first-order valence-electron chi connectivity index (χ1n) is 14.5. The van der Waals surface area contributed by atoms with Crippen molar-refractivity contribution in [3.63, 3.8) is 0 Å². The molecule has 4 aromatic carbocycles. The Morgan fingerprint density at radius 3 is 2.12 bits per heavy atom. The van der Waals surface area contributed by atoms with Crippen molar-refractivity contribution in [1.82, 2.24) is 0 Å². The highest BCUT2D eigenvalue weighted by Crippen LogP contribution is 2.53. The standard InChI is InChI=1S/C36H39N3O3/c1-25(40)39-32-23-33(42-21-11-20-37)31(22-30(32)36(4,24-35(39,2)3)29-14-9-6-10-15-29)38-34(41)28-18-16-27(17-19-28)26-12-7-5-8-13-26/h5-10,12-19,22-23H,11,20-21,24,37H2,1-4H3,(H,38,41). The van der Waals surface area contributed by atoms with Crippen molar-refractivity contribution in [1.29, 1.82) is 0 Å². The Morgan fingerprint density at radius 1 is 0.881 bits per heavy atom. The van der Waals surface area contributed by atoms with Crippen molar-refractivity contribution in [2.75, 3.05) is 23.4 Å². The topological polar surface area (TPSA) is 84.7 Å². The quantitative estimate of drug-likeness (QED) is 0.223. The molecule has 5 rings (SSSR count). The predicted octanol–water partition coefficient (Wildman–Crippen LogP) is 7.17. The van der Waals surface area contributed by atoms with E-state index in [0.29, 0.717) is 43.0 Å². The number of nitrogens with zero attached hydrogens (tertiary/aromatic N) is 1. The van der Waals surface area contributed by atoms with Crippen LogP contribution >= 0.6 is 0 Å². The lowest BCUT2D eigenvalue weighted by molar-refractivity contribution is -0.117. The van der Waals surface area contributed by atoms with Crippen molar-refractivity contribution in [3.8, 4) is 16.9 Å². The van der Waals surface area contributed by atoms with Crippen LogP contribution in [-0.4, -0.2) is 30.5 Å². The molecule has 0 saturated heterocycles. The fraction of sp³-hybridized carbons (Fsp3) is 0.278. The summed E-state index contributed by atoms with van der Waals surface area (Å²) < 4.78 is 6.19. The summed E-state index contributed by atoms with van der Waals surface area (Å²) in [6, 6.07) is 31.9. The minimum Gasteiger partial charge on any atom is -0.491 e. The Balaban J connectivity index is 1.59. The van der Waals surface area contributed by atoms with E-state index in [9.17, 15) is 9.59 Å². The van der Waals surface area contributed by atoms with E-state index in [1.54, 1.807) is 6.92 Å². The van der Waals surface area contributed by atoms with Crippen LogP contribution in [0.3, 0.4) is 0 Å². The van der Waals surface area contributed by atoms with E-state index in [1.807, 2.05) is 89.8 Å². The lowest BCUT2D eigenvalue weighted by Gasteiger charge is -2.51. The van der Waals surface area contributed by atoms with Crippen molar-refractivity contribution >= 4 is 23.2 Å². The number of hydrogen-bond donors (Lipinski definition) is 2. The summed E-state index contributed by atoms with van der Waals surface area (Å²) in [6.07, 6.45) is 1.37. The molecule has 0 radical (unpaired) electrons. The SMILES string of the molecule is CC(=O)N1c2cc(OCCCN)c(NC(=O)c3ccc(-c4ccccc4)cc3)cc2C(C)(c2ccccc2)CC1(C)C. The fourth-order valence-electron chi connectivity index (χ4n) is 6.34. The summed E-state index contributed by atoms with van der Waals surface area (Å²) >= 11 is 0. The molecule has 1 unspecified atom stereocenters. The first kappa shape index (κ1) is 29.1. The normalized spacial score (nSPS) is 17.3. The zero-order valence-corrected chi connectivity index (χ0v) is 24.8. The van der Waals surface area contributed by atoms with E-state index in [4.69, 9.17) is 10.5 Å². The lowest BCUT2D eigenvalue weighted by Crippen LogP contribution is -2.55. The van der Waals surface area contributed by atoms with Gasteiger partial charge in [-0.05, 0) is 73.7 Å². The highest BCUT2D eigenvalue weighted by atomic mass is 16.5. The molecule has 0 fully saturated rings. The van der Waals surface area contributed by atoms with E-state index in [0.717, 1.165) is 27.9 Å². The third-order valence-corrected chi connectivity index (χ3v) is 8.16. The molecule has 1 aliphatic rings. The minimum absolute atomic E-state index is 0.0421. The van der Waals surface area contributed by atoms with E-state index in [-0.39, 0.29) is 11.8 Å². The summed E-state index contributed by atoms with van der Waals surface area (Å²) in [4.78, 5) is 28.5. The Kier molecular flexibility index (Phi) is 8.19. The van der Waals surface area contributed by atoms with Gasteiger partial charge in [-0.1, -0.05) is 79.7 Å². The Hall–Kier alpha value is -4.42. The number of ether oxygens (including phenoxy) is 1. The van der Waals surface area contributed by atoms with Gasteiger partial charge in [0.2, 0.25) is 5.91 Å². The van der Waals surface area contributed by atoms with Gasteiger partial charge in [-0.25, -0.2) is 0 Å². The smallest absolute Gasteiger partial charge is 0.255 e. The first-order valence-corrected chi connectivity index (χ1v) is 14.5. The Labute approximate surface area is 248 Å². The van der Waals surface area contributed by atoms with Crippen LogP contribution in [0.1, 0.15) is 62.0 Å². The third-order valence-electron chi connectivity index (χ3n) is 8.16. The molecule has 0 aromatic heterocycles. The van der Waals surface area contributed by atoms with Crippen LogP contribution in [-0.2, 0) is 10.2 Å². The summed E-state index contributed by atoms with van der Waals surface area (Å²) in [7, 11) is 0. The van der Waals surface area contributed by atoms with Gasteiger partial charge in [0.25, 0.3) is 5.91 Å². The van der Waals surface area contributed by atoms with E-state index >= 15 is 0 Å². The van der Waals surface area contributed by atoms with Crippen LogP contribution < -0.4 is 20.7 Å². The maximum absolute atomic E-state index is 13.6. The molecule has 0 saturated carbocycles. The molecule has 1 aliphatic heterocycles. The van der Waals surface area contributed by atoms with Crippen LogP contribution in [0, 0.1) is 0 Å². The zero-order chi connectivity index (χ0) is 29.9. The highest BCUT2D eigenvalue weighted by Gasteiger charge is 2.47. The van der Waals surface area contributed by atoms with Crippen molar-refractivity contribution in [2.24, 2.45) is 5.73 Å². The fourth-order valence-corrected chi connectivity index (χ4v) is 6.34. The monoisotopic (exact) mass is 561 g/mol. The highest BCUT2D eigenvalue weighted by molar-refractivity contribution is 6.06. The van der Waals surface area contributed by atoms with Gasteiger partial charge in [0.1, 0.15) is 5.75 Å². The molecule has 2 amide bonds. The summed E-state index contributed by atoms with van der Waals surface area (Å²) in [5.74, 6) is 0.231. The van der Waals surface area contributed by atoms with E-state index < -0.39 is 11.0 Å². The second-order valence-electron chi connectivity index (χ2n) is 11.8. The van der Waals surface area contributed by atoms with E-state index in [1.165, 1.54) is 0 Å². The van der Waals surface area contributed by atoms with Gasteiger partial charge in [-0.2, -0.15) is 0 Å². The van der Waals surface area contributed by atoms with E-state index in [2.05, 4.69) is 38.2 Å². The Bertz CT molecular complexity index is 1570. The molecular weight excluding hydrogens is 522 g/mol. The van der Waals surface area contributed by atoms with Gasteiger partial charge in [0.05, 0.1) is 18.0 Å². The Morgan fingerprint density at radius 2 is 1.50 bits per heavy atom. The molecule has 6 heteroatoms. The van der Waals surface area contributed by atoms with Gasteiger partial charge in [0, 0.05) is 29.5 Å². The number of anilines is 2. The second kappa shape index (κ2) is 11.8. The van der Waals surface area contributed by atoms with Crippen molar-refractivity contribution in [2.45, 2.75) is 51.5 Å². The van der Waals surface area contributed by atoms with Gasteiger partial charge < -0.3 is 20.7 Å². The number of nitrogens with two attached hydrogens (primary N) is 1. The number of rotatable bonds is 8. The molecule has 1 atom stereocenters. The molecular formula is C36H39N3O3. The number of carbonyl (C=O) groups excluding carboxylic acids is 2. The minimum atomic E-state index is -0.455. The molecule has 0 aliphatic carbocycles. The maximum atomic E-state index is 13.6. The molecule has 0 bridgehead atoms. The summed E-state index contributed by atoms with van der Waals surface area (Å²) in [5, 5.41) is 3.12. The molecule has 6 nitrogen and oxygen atoms in total. The van der Waals surface area contributed by atoms with Crippen molar-refractivity contribution < 1.29 is 14.3 Å². The summed E-state index contributed by atoms with van der Waals surface area (Å²) in [6.45, 7) is 8.89. The molecule has 4 aromatic rings. The van der Waals surface area contributed by atoms with Gasteiger partial charge in [-0.15, -0.1) is 0 Å². The number of hydrogen-bond acceptors (Lipinski definition) is 4. The largest absolute Gasteiger partial charge is 0.491 e.